The van der Waals surface area contributed by atoms with Crippen molar-refractivity contribution < 1.29 is 9.67 Å². The van der Waals surface area contributed by atoms with Crippen LogP contribution >= 0.6 is 0 Å². The number of aliphatic hydroxyl groups excluding tert-OH is 1. The largest absolute Gasteiger partial charge is 0.396 e. The number of aliphatic hydroxyl groups is 1. The third kappa shape index (κ3) is 2.62. The molecule has 0 spiro atoms. The van der Waals surface area contributed by atoms with Crippen LogP contribution in [0.5, 0.6) is 0 Å². The molecule has 0 fully saturated rings. The summed E-state index contributed by atoms with van der Waals surface area (Å²) in [6.07, 6.45) is 5.98. The lowest BCUT2D eigenvalue weighted by molar-refractivity contribution is -0.693. The van der Waals surface area contributed by atoms with Crippen molar-refractivity contribution >= 4 is 0 Å². The van der Waals surface area contributed by atoms with Gasteiger partial charge in [0.25, 0.3) is 0 Å². The van der Waals surface area contributed by atoms with E-state index in [4.69, 9.17) is 5.11 Å². The number of nitrogens with zero attached hydrogens (tertiary/aromatic N) is 1. The number of hydrogen-bond acceptors (Lipinski definition) is 1. The highest BCUT2D eigenvalue weighted by Gasteiger charge is 1.96. The van der Waals surface area contributed by atoms with E-state index in [1.165, 1.54) is 5.56 Å². The summed E-state index contributed by atoms with van der Waals surface area (Å²) in [7, 11) is 0. The van der Waals surface area contributed by atoms with E-state index in [0.29, 0.717) is 0 Å². The lowest BCUT2D eigenvalue weighted by atomic mass is 10.1. The highest BCUT2D eigenvalue weighted by atomic mass is 16.2. The first-order valence-electron chi connectivity index (χ1n) is 4.45. The molecule has 0 aliphatic rings. The number of aromatic nitrogens is 1. The zero-order chi connectivity index (χ0) is 8.81. The van der Waals surface area contributed by atoms with Crippen molar-refractivity contribution in [1.29, 1.82) is 0 Å². The van der Waals surface area contributed by atoms with Gasteiger partial charge in [0.1, 0.15) is 6.54 Å². The molecule has 1 heterocycles. The second kappa shape index (κ2) is 4.88. The predicted molar refractivity (Wildman–Crippen MR) is 47.7 cm³/mol. The molecule has 0 aliphatic heterocycles. The molecule has 0 amide bonds. The van der Waals surface area contributed by atoms with Crippen molar-refractivity contribution in [3.8, 4) is 0 Å². The first-order valence-corrected chi connectivity index (χ1v) is 4.45. The summed E-state index contributed by atoms with van der Waals surface area (Å²) in [6, 6.07) is 4.22. The van der Waals surface area contributed by atoms with Crippen molar-refractivity contribution in [3.05, 3.63) is 30.1 Å². The minimum absolute atomic E-state index is 0.280. The summed E-state index contributed by atoms with van der Waals surface area (Å²) in [6.45, 7) is 3.41. The molecule has 0 atom stereocenters. The first-order chi connectivity index (χ1) is 5.86. The van der Waals surface area contributed by atoms with Crippen LogP contribution in [0.2, 0.25) is 0 Å². The Kier molecular flexibility index (Phi) is 3.74. The van der Waals surface area contributed by atoms with E-state index in [9.17, 15) is 0 Å². The predicted octanol–water partition coefficient (Wildman–Crippen LogP) is 0.919. The summed E-state index contributed by atoms with van der Waals surface area (Å²) in [5.41, 5.74) is 1.30. The Morgan fingerprint density at radius 3 is 2.50 bits per heavy atom. The Balaban J connectivity index is 2.53. The summed E-state index contributed by atoms with van der Waals surface area (Å²) < 4.78 is 2.13. The molecule has 0 unspecified atom stereocenters. The van der Waals surface area contributed by atoms with Gasteiger partial charge >= 0.3 is 0 Å². The molecular formula is C10H16NO+. The maximum absolute atomic E-state index is 8.62. The average Bonchev–Trinajstić information content (AvgIpc) is 2.15. The van der Waals surface area contributed by atoms with Gasteiger partial charge in [0, 0.05) is 18.7 Å². The van der Waals surface area contributed by atoms with Crippen LogP contribution in [0.3, 0.4) is 0 Å². The van der Waals surface area contributed by atoms with E-state index in [2.05, 4.69) is 36.0 Å². The van der Waals surface area contributed by atoms with E-state index in [1.807, 2.05) is 0 Å². The molecule has 0 radical (unpaired) electrons. The maximum Gasteiger partial charge on any atom is 0.169 e. The number of aryl methyl sites for hydroxylation is 2. The number of pyridine rings is 1. The van der Waals surface area contributed by atoms with Crippen LogP contribution in [0.4, 0.5) is 0 Å². The van der Waals surface area contributed by atoms with E-state index in [-0.39, 0.29) is 6.61 Å². The van der Waals surface area contributed by atoms with Crippen LogP contribution < -0.4 is 4.57 Å². The van der Waals surface area contributed by atoms with Gasteiger partial charge < -0.3 is 5.11 Å². The van der Waals surface area contributed by atoms with E-state index >= 15 is 0 Å². The number of rotatable bonds is 4. The van der Waals surface area contributed by atoms with Gasteiger partial charge in [0.05, 0.1) is 0 Å². The molecule has 2 nitrogen and oxygen atoms in total. The standard InChI is InChI=1S/C10H16NO/c1-2-11-7-5-10(6-8-11)4-3-9-12/h5-8,12H,2-4,9H2,1H3/q+1. The highest BCUT2D eigenvalue weighted by molar-refractivity contribution is 5.06. The first kappa shape index (κ1) is 9.20. The highest BCUT2D eigenvalue weighted by Crippen LogP contribution is 1.98. The molecule has 66 valence electrons. The summed E-state index contributed by atoms with van der Waals surface area (Å²) in [5.74, 6) is 0. The molecule has 1 aromatic rings. The van der Waals surface area contributed by atoms with E-state index in [0.717, 1.165) is 19.4 Å². The molecule has 0 saturated heterocycles. The Morgan fingerprint density at radius 2 is 2.00 bits per heavy atom. The van der Waals surface area contributed by atoms with Gasteiger partial charge in [-0.3, -0.25) is 0 Å². The molecule has 0 bridgehead atoms. The van der Waals surface area contributed by atoms with Gasteiger partial charge in [-0.25, -0.2) is 4.57 Å². The van der Waals surface area contributed by atoms with Crippen molar-refractivity contribution in [1.82, 2.24) is 0 Å². The van der Waals surface area contributed by atoms with Crippen LogP contribution in [0.15, 0.2) is 24.5 Å². The van der Waals surface area contributed by atoms with Crippen LogP contribution in [-0.4, -0.2) is 11.7 Å². The third-order valence-corrected chi connectivity index (χ3v) is 1.95. The summed E-state index contributed by atoms with van der Waals surface area (Å²) in [4.78, 5) is 0. The second-order valence-corrected chi connectivity index (χ2v) is 2.86. The van der Waals surface area contributed by atoms with Crippen LogP contribution in [-0.2, 0) is 13.0 Å². The molecule has 2 heteroatoms. The Bertz CT molecular complexity index is 218. The SMILES string of the molecule is CC[n+]1ccc(CCCO)cc1. The molecule has 1 N–H and O–H groups in total. The zero-order valence-corrected chi connectivity index (χ0v) is 7.53. The molecule has 0 saturated carbocycles. The fourth-order valence-corrected chi connectivity index (χ4v) is 1.15. The molecule has 0 aliphatic carbocycles. The second-order valence-electron chi connectivity index (χ2n) is 2.86. The number of hydrogen-bond donors (Lipinski definition) is 1. The maximum atomic E-state index is 8.62. The molecule has 1 aromatic heterocycles. The lowest BCUT2D eigenvalue weighted by Gasteiger charge is -1.97. The van der Waals surface area contributed by atoms with Crippen LogP contribution in [0.25, 0.3) is 0 Å². The van der Waals surface area contributed by atoms with Gasteiger partial charge in [-0.1, -0.05) is 0 Å². The fourth-order valence-electron chi connectivity index (χ4n) is 1.15. The quantitative estimate of drug-likeness (QED) is 0.661. The molecular weight excluding hydrogens is 150 g/mol. The molecule has 1 rings (SSSR count). The topological polar surface area (TPSA) is 24.1 Å². The average molecular weight is 166 g/mol. The summed E-state index contributed by atoms with van der Waals surface area (Å²) >= 11 is 0. The molecule has 0 aromatic carbocycles. The van der Waals surface area contributed by atoms with Gasteiger partial charge in [0.15, 0.2) is 12.4 Å². The van der Waals surface area contributed by atoms with Gasteiger partial charge in [-0.05, 0) is 25.3 Å². The Labute approximate surface area is 73.5 Å². The summed E-state index contributed by atoms with van der Waals surface area (Å²) in [5, 5.41) is 8.62. The van der Waals surface area contributed by atoms with Crippen molar-refractivity contribution in [2.45, 2.75) is 26.3 Å². The van der Waals surface area contributed by atoms with Gasteiger partial charge in [0.2, 0.25) is 0 Å². The Hall–Kier alpha value is -0.890. The minimum atomic E-state index is 0.280. The van der Waals surface area contributed by atoms with Crippen molar-refractivity contribution in [3.63, 3.8) is 0 Å². The van der Waals surface area contributed by atoms with E-state index < -0.39 is 0 Å². The Morgan fingerprint density at radius 1 is 1.33 bits per heavy atom. The zero-order valence-electron chi connectivity index (χ0n) is 7.53. The van der Waals surface area contributed by atoms with Crippen LogP contribution in [0, 0.1) is 0 Å². The fraction of sp³-hybridized carbons (Fsp3) is 0.500. The van der Waals surface area contributed by atoms with Gasteiger partial charge in [-0.2, -0.15) is 0 Å². The minimum Gasteiger partial charge on any atom is -0.396 e. The smallest absolute Gasteiger partial charge is 0.169 e. The normalized spacial score (nSPS) is 10.2. The monoisotopic (exact) mass is 166 g/mol. The van der Waals surface area contributed by atoms with Crippen LogP contribution in [0.1, 0.15) is 18.9 Å². The van der Waals surface area contributed by atoms with E-state index in [1.54, 1.807) is 0 Å². The third-order valence-electron chi connectivity index (χ3n) is 1.95. The van der Waals surface area contributed by atoms with Crippen molar-refractivity contribution in [2.75, 3.05) is 6.61 Å². The molecule has 12 heavy (non-hydrogen) atoms. The van der Waals surface area contributed by atoms with Gasteiger partial charge in [-0.15, -0.1) is 0 Å². The lowest BCUT2D eigenvalue weighted by Crippen LogP contribution is -2.30. The van der Waals surface area contributed by atoms with Crippen molar-refractivity contribution in [2.24, 2.45) is 0 Å².